The van der Waals surface area contributed by atoms with Gasteiger partial charge in [0.2, 0.25) is 0 Å². The molecule has 0 saturated heterocycles. The quantitative estimate of drug-likeness (QED) is 0.585. The smallest absolute Gasteiger partial charge is 0.152 e. The number of nitrogens with two attached hydrogens (primary N) is 1. The van der Waals surface area contributed by atoms with E-state index in [1.807, 2.05) is 36.4 Å². The average Bonchev–Trinajstić information content (AvgIpc) is 2.81. The zero-order chi connectivity index (χ0) is 12.4. The van der Waals surface area contributed by atoms with Gasteiger partial charge in [0.15, 0.2) is 4.34 Å². The molecule has 3 nitrogen and oxygen atoms in total. The molecule has 0 radical (unpaired) electrons. The molecule has 0 unspecified atom stereocenters. The van der Waals surface area contributed by atoms with Crippen LogP contribution in [0.15, 0.2) is 46.9 Å². The second-order valence-electron chi connectivity index (χ2n) is 3.84. The van der Waals surface area contributed by atoms with Crippen molar-refractivity contribution < 1.29 is 0 Å². The molecule has 3 aromatic rings. The molecular formula is C13H11N3S2. The van der Waals surface area contributed by atoms with Gasteiger partial charge in [0.25, 0.3) is 0 Å². The largest absolute Gasteiger partial charge is 0.399 e. The van der Waals surface area contributed by atoms with Gasteiger partial charge in [-0.05, 0) is 29.8 Å². The first-order valence-electron chi connectivity index (χ1n) is 5.50. The number of thiazole rings is 1. The Balaban J connectivity index is 1.74. The molecule has 0 amide bonds. The predicted molar refractivity (Wildman–Crippen MR) is 77.8 cm³/mol. The third-order valence-electron chi connectivity index (χ3n) is 2.49. The Labute approximate surface area is 113 Å². The van der Waals surface area contributed by atoms with Gasteiger partial charge in [-0.1, -0.05) is 35.2 Å². The summed E-state index contributed by atoms with van der Waals surface area (Å²) < 4.78 is 1.06. The van der Waals surface area contributed by atoms with Crippen molar-refractivity contribution in [3.8, 4) is 0 Å². The van der Waals surface area contributed by atoms with Gasteiger partial charge in [-0.25, -0.2) is 9.97 Å². The standard InChI is InChI=1S/C13H11N3S2/c14-10-5-3-9(4-6-10)8-17-13-16-11-2-1-7-15-12(11)18-13/h1-7H,8,14H2. The summed E-state index contributed by atoms with van der Waals surface area (Å²) in [5.41, 5.74) is 8.68. The molecule has 0 spiro atoms. The van der Waals surface area contributed by atoms with Crippen LogP contribution in [0.5, 0.6) is 0 Å². The monoisotopic (exact) mass is 273 g/mol. The van der Waals surface area contributed by atoms with Gasteiger partial charge in [0.1, 0.15) is 10.3 Å². The first-order chi connectivity index (χ1) is 8.81. The highest BCUT2D eigenvalue weighted by Crippen LogP contribution is 2.30. The van der Waals surface area contributed by atoms with Crippen molar-refractivity contribution in [3.63, 3.8) is 0 Å². The summed E-state index contributed by atoms with van der Waals surface area (Å²) in [5.74, 6) is 0.903. The molecule has 2 aromatic heterocycles. The Morgan fingerprint density at radius 2 is 2.00 bits per heavy atom. The normalized spacial score (nSPS) is 10.9. The number of hydrogen-bond donors (Lipinski definition) is 1. The predicted octanol–water partition coefficient (Wildman–Crippen LogP) is 3.57. The summed E-state index contributed by atoms with van der Waals surface area (Å²) >= 11 is 3.37. The van der Waals surface area contributed by atoms with Crippen LogP contribution >= 0.6 is 23.1 Å². The molecule has 0 aliphatic heterocycles. The van der Waals surface area contributed by atoms with E-state index in [4.69, 9.17) is 5.73 Å². The third kappa shape index (κ3) is 2.47. The summed E-state index contributed by atoms with van der Waals surface area (Å²) in [4.78, 5) is 9.83. The van der Waals surface area contributed by atoms with Gasteiger partial charge >= 0.3 is 0 Å². The Hall–Kier alpha value is -1.59. The average molecular weight is 273 g/mol. The van der Waals surface area contributed by atoms with Crippen LogP contribution in [-0.2, 0) is 5.75 Å². The Kier molecular flexibility index (Phi) is 3.17. The van der Waals surface area contributed by atoms with E-state index < -0.39 is 0 Å². The molecule has 0 aliphatic carbocycles. The maximum Gasteiger partial charge on any atom is 0.152 e. The van der Waals surface area contributed by atoms with Crippen LogP contribution < -0.4 is 5.73 Å². The molecule has 0 bridgehead atoms. The number of pyridine rings is 1. The van der Waals surface area contributed by atoms with Gasteiger partial charge < -0.3 is 5.73 Å². The highest BCUT2D eigenvalue weighted by molar-refractivity contribution is 8.00. The van der Waals surface area contributed by atoms with Gasteiger partial charge in [0.05, 0.1) is 0 Å². The van der Waals surface area contributed by atoms with Crippen LogP contribution in [0, 0.1) is 0 Å². The fraction of sp³-hybridized carbons (Fsp3) is 0.0769. The number of hydrogen-bond acceptors (Lipinski definition) is 5. The zero-order valence-electron chi connectivity index (χ0n) is 9.54. The van der Waals surface area contributed by atoms with Crippen LogP contribution in [0.4, 0.5) is 5.69 Å². The van der Waals surface area contributed by atoms with Gasteiger partial charge in [-0.15, -0.1) is 0 Å². The number of benzene rings is 1. The minimum Gasteiger partial charge on any atom is -0.399 e. The molecule has 2 heterocycles. The molecule has 1 aromatic carbocycles. The van der Waals surface area contributed by atoms with Crippen molar-refractivity contribution in [3.05, 3.63) is 48.2 Å². The number of aromatic nitrogens is 2. The summed E-state index contributed by atoms with van der Waals surface area (Å²) in [6, 6.07) is 11.9. The van der Waals surface area contributed by atoms with Crippen LogP contribution in [0.25, 0.3) is 10.3 Å². The van der Waals surface area contributed by atoms with Gasteiger partial charge in [-0.2, -0.15) is 0 Å². The zero-order valence-corrected chi connectivity index (χ0v) is 11.2. The molecule has 0 aliphatic rings. The number of nitrogens with zero attached hydrogens (tertiary/aromatic N) is 2. The Morgan fingerprint density at radius 3 is 2.78 bits per heavy atom. The van der Waals surface area contributed by atoms with E-state index in [9.17, 15) is 0 Å². The summed E-state index contributed by atoms with van der Waals surface area (Å²) in [6.45, 7) is 0. The minimum absolute atomic E-state index is 0.799. The van der Waals surface area contributed by atoms with Gasteiger partial charge in [-0.3, -0.25) is 0 Å². The molecule has 90 valence electrons. The lowest BCUT2D eigenvalue weighted by Crippen LogP contribution is -1.85. The van der Waals surface area contributed by atoms with E-state index in [0.717, 1.165) is 26.1 Å². The van der Waals surface area contributed by atoms with Crippen molar-refractivity contribution in [2.45, 2.75) is 10.1 Å². The molecule has 2 N–H and O–H groups in total. The lowest BCUT2D eigenvalue weighted by atomic mass is 10.2. The summed E-state index contributed by atoms with van der Waals surface area (Å²) in [7, 11) is 0. The van der Waals surface area contributed by atoms with Crippen molar-refractivity contribution in [2.24, 2.45) is 0 Å². The van der Waals surface area contributed by atoms with E-state index in [-0.39, 0.29) is 0 Å². The minimum atomic E-state index is 0.799. The van der Waals surface area contributed by atoms with E-state index in [0.29, 0.717) is 0 Å². The van der Waals surface area contributed by atoms with E-state index >= 15 is 0 Å². The molecule has 0 fully saturated rings. The highest BCUT2D eigenvalue weighted by atomic mass is 32.2. The third-order valence-corrected chi connectivity index (χ3v) is 4.68. The SMILES string of the molecule is Nc1ccc(CSc2nc3cccnc3s2)cc1. The molecular weight excluding hydrogens is 262 g/mol. The van der Waals surface area contributed by atoms with E-state index in [1.54, 1.807) is 29.3 Å². The topological polar surface area (TPSA) is 51.8 Å². The lowest BCUT2D eigenvalue weighted by Gasteiger charge is -1.99. The molecule has 3 rings (SSSR count). The van der Waals surface area contributed by atoms with Crippen molar-refractivity contribution in [1.82, 2.24) is 9.97 Å². The van der Waals surface area contributed by atoms with Crippen LogP contribution in [0.1, 0.15) is 5.56 Å². The van der Waals surface area contributed by atoms with E-state index in [1.165, 1.54) is 5.56 Å². The highest BCUT2D eigenvalue weighted by Gasteiger charge is 2.04. The Bertz CT molecular complexity index is 628. The van der Waals surface area contributed by atoms with Crippen molar-refractivity contribution in [2.75, 3.05) is 5.73 Å². The fourth-order valence-electron chi connectivity index (χ4n) is 1.57. The molecule has 0 saturated carbocycles. The summed E-state index contributed by atoms with van der Waals surface area (Å²) in [5, 5.41) is 0. The first kappa shape index (κ1) is 11.5. The number of anilines is 1. The Morgan fingerprint density at radius 1 is 1.17 bits per heavy atom. The van der Waals surface area contributed by atoms with E-state index in [2.05, 4.69) is 9.97 Å². The molecule has 5 heteroatoms. The maximum atomic E-state index is 5.66. The first-order valence-corrected chi connectivity index (χ1v) is 7.30. The second-order valence-corrected chi connectivity index (χ2v) is 6.04. The molecule has 18 heavy (non-hydrogen) atoms. The number of thioether (sulfide) groups is 1. The lowest BCUT2D eigenvalue weighted by molar-refractivity contribution is 1.28. The van der Waals surface area contributed by atoms with Crippen molar-refractivity contribution in [1.29, 1.82) is 0 Å². The number of rotatable bonds is 3. The molecule has 0 atom stereocenters. The van der Waals surface area contributed by atoms with Crippen molar-refractivity contribution >= 4 is 39.1 Å². The second kappa shape index (κ2) is 4.96. The number of nitrogen functional groups attached to an aromatic ring is 1. The fourth-order valence-corrected chi connectivity index (χ4v) is 3.51. The van der Waals surface area contributed by atoms with Crippen LogP contribution in [0.3, 0.4) is 0 Å². The van der Waals surface area contributed by atoms with Gasteiger partial charge in [0, 0.05) is 17.6 Å². The maximum absolute atomic E-state index is 5.66. The van der Waals surface area contributed by atoms with Crippen LogP contribution in [-0.4, -0.2) is 9.97 Å². The summed E-state index contributed by atoms with van der Waals surface area (Å²) in [6.07, 6.45) is 1.80. The van der Waals surface area contributed by atoms with Crippen LogP contribution in [0.2, 0.25) is 0 Å². The number of fused-ring (bicyclic) bond motifs is 1.